The van der Waals surface area contributed by atoms with Gasteiger partial charge in [0, 0.05) is 24.1 Å². The number of amides is 1. The van der Waals surface area contributed by atoms with E-state index in [-0.39, 0.29) is 94.1 Å². The molecule has 0 radical (unpaired) electrons. The van der Waals surface area contributed by atoms with Crippen LogP contribution in [0.25, 0.3) is 11.1 Å². The zero-order valence-corrected chi connectivity index (χ0v) is 24.7. The van der Waals surface area contributed by atoms with Gasteiger partial charge in [-0.15, -0.1) is 0 Å². The number of carbonyl (C=O) groups is 2. The maximum atomic E-state index is 12.3. The lowest BCUT2D eigenvalue weighted by Gasteiger charge is -2.22. The molecule has 0 aliphatic heterocycles. The van der Waals surface area contributed by atoms with E-state index in [1.165, 1.54) is 0 Å². The molecule has 0 spiro atoms. The monoisotopic (exact) mass is 627 g/mol. The summed E-state index contributed by atoms with van der Waals surface area (Å²) in [5.41, 5.74) is 47.6. The van der Waals surface area contributed by atoms with Crippen LogP contribution in [0.5, 0.6) is 11.5 Å². The van der Waals surface area contributed by atoms with E-state index in [0.29, 0.717) is 22.3 Å². The molecule has 0 aliphatic rings. The number of nitrogens with one attached hydrogen (secondary N) is 1. The Balaban J connectivity index is 2.73. The number of guanidine groups is 4. The van der Waals surface area contributed by atoms with E-state index in [1.807, 2.05) is 18.2 Å². The highest BCUT2D eigenvalue weighted by Crippen LogP contribution is 2.43. The van der Waals surface area contributed by atoms with E-state index >= 15 is 0 Å². The summed E-state index contributed by atoms with van der Waals surface area (Å²) in [5, 5.41) is 11.6. The molecule has 18 nitrogen and oxygen atoms in total. The maximum absolute atomic E-state index is 12.3. The van der Waals surface area contributed by atoms with Crippen molar-refractivity contribution in [3.63, 3.8) is 0 Å². The predicted octanol–water partition coefficient (Wildman–Crippen LogP) is -2.31. The number of carboxylic acid groups (broad SMARTS) is 1. The van der Waals surface area contributed by atoms with Crippen LogP contribution in [0.1, 0.15) is 29.5 Å². The summed E-state index contributed by atoms with van der Waals surface area (Å²) in [6, 6.07) is 8.99. The zero-order valence-electron chi connectivity index (χ0n) is 24.7. The number of aliphatic carboxylic acids is 1. The molecule has 0 atom stereocenters. The molecule has 18 N–H and O–H groups in total. The molecular formula is C27H41N13O5. The first kappa shape index (κ1) is 35.3. The number of hydrogen-bond acceptors (Lipinski definition) is 8. The summed E-state index contributed by atoms with van der Waals surface area (Å²) in [7, 11) is 0. The molecule has 0 saturated heterocycles. The average Bonchev–Trinajstić information content (AvgIpc) is 2.97. The zero-order chi connectivity index (χ0) is 33.4. The van der Waals surface area contributed by atoms with Crippen LogP contribution in [0.15, 0.2) is 50.3 Å². The van der Waals surface area contributed by atoms with Crippen LogP contribution >= 0.6 is 0 Å². The van der Waals surface area contributed by atoms with Crippen LogP contribution in [-0.4, -0.2) is 67.1 Å². The Hall–Kier alpha value is -5.94. The molecule has 0 unspecified atom stereocenters. The molecule has 18 heteroatoms. The van der Waals surface area contributed by atoms with Gasteiger partial charge in [-0.2, -0.15) is 0 Å². The van der Waals surface area contributed by atoms with Gasteiger partial charge in [0.2, 0.25) is 5.91 Å². The summed E-state index contributed by atoms with van der Waals surface area (Å²) in [5.74, 6) is -1.45. The van der Waals surface area contributed by atoms with Crippen LogP contribution in [0.3, 0.4) is 0 Å². The highest BCUT2D eigenvalue weighted by atomic mass is 16.5. The number of hydrogen-bond donors (Lipinski definition) is 10. The van der Waals surface area contributed by atoms with Crippen molar-refractivity contribution in [2.45, 2.75) is 32.5 Å². The number of carbonyl (C=O) groups excluding carboxylic acids is 1. The van der Waals surface area contributed by atoms with Crippen molar-refractivity contribution in [2.75, 3.05) is 26.3 Å². The van der Waals surface area contributed by atoms with Gasteiger partial charge >= 0.3 is 5.97 Å². The van der Waals surface area contributed by atoms with Gasteiger partial charge in [0.15, 0.2) is 35.3 Å². The second-order valence-corrected chi connectivity index (χ2v) is 9.34. The van der Waals surface area contributed by atoms with Crippen molar-refractivity contribution in [3.8, 4) is 22.6 Å². The molecule has 2 aromatic rings. The fourth-order valence-electron chi connectivity index (χ4n) is 3.97. The van der Waals surface area contributed by atoms with Crippen LogP contribution in [0.4, 0.5) is 0 Å². The highest BCUT2D eigenvalue weighted by Gasteiger charge is 2.22. The Morgan fingerprint density at radius 2 is 1.24 bits per heavy atom. The summed E-state index contributed by atoms with van der Waals surface area (Å²) in [6.45, 7) is 0.548. The van der Waals surface area contributed by atoms with Gasteiger partial charge in [-0.05, 0) is 16.7 Å². The smallest absolute Gasteiger partial charge is 0.303 e. The number of rotatable bonds is 18. The molecule has 0 heterocycles. The second-order valence-electron chi connectivity index (χ2n) is 9.34. The third-order valence-corrected chi connectivity index (χ3v) is 5.91. The summed E-state index contributed by atoms with van der Waals surface area (Å²) >= 11 is 0. The number of benzene rings is 2. The van der Waals surface area contributed by atoms with E-state index in [4.69, 9.17) is 60.4 Å². The number of aliphatic imine (C=N–C) groups is 4. The molecule has 0 fully saturated rings. The molecule has 45 heavy (non-hydrogen) atoms. The minimum Gasteiger partial charge on any atom is -0.487 e. The number of nitrogens with zero attached hydrogens (tertiary/aromatic N) is 4. The van der Waals surface area contributed by atoms with E-state index in [9.17, 15) is 9.59 Å². The van der Waals surface area contributed by atoms with Gasteiger partial charge in [-0.1, -0.05) is 30.3 Å². The third-order valence-electron chi connectivity index (χ3n) is 5.91. The van der Waals surface area contributed by atoms with Gasteiger partial charge in [-0.25, -0.2) is 9.98 Å². The van der Waals surface area contributed by atoms with Crippen LogP contribution < -0.4 is 60.7 Å². The van der Waals surface area contributed by atoms with Crippen LogP contribution in [0.2, 0.25) is 0 Å². The summed E-state index contributed by atoms with van der Waals surface area (Å²) < 4.78 is 12.4. The topological polar surface area (TPSA) is 342 Å². The van der Waals surface area contributed by atoms with E-state index in [0.717, 1.165) is 5.56 Å². The SMILES string of the molecule is NC(N)=NCCOc1c(CNC(=O)CCC(=O)O)ccc(-c2cccc(CN=C(N)N)c2CN=C(N)N)c1OCCN=C(N)N. The number of ether oxygens (including phenoxy) is 2. The number of carboxylic acids is 1. The Labute approximate surface area is 259 Å². The van der Waals surface area contributed by atoms with Crippen LogP contribution in [-0.2, 0) is 29.2 Å². The van der Waals surface area contributed by atoms with Crippen molar-refractivity contribution in [2.24, 2.45) is 65.8 Å². The predicted molar refractivity (Wildman–Crippen MR) is 172 cm³/mol. The molecule has 0 aromatic heterocycles. The van der Waals surface area contributed by atoms with Gasteiger partial charge in [0.1, 0.15) is 13.2 Å². The lowest BCUT2D eigenvalue weighted by molar-refractivity contribution is -0.138. The molecule has 1 amide bonds. The van der Waals surface area contributed by atoms with Crippen molar-refractivity contribution in [3.05, 3.63) is 47.0 Å². The third kappa shape index (κ3) is 12.4. The van der Waals surface area contributed by atoms with Crippen molar-refractivity contribution in [1.29, 1.82) is 0 Å². The fourth-order valence-corrected chi connectivity index (χ4v) is 3.97. The van der Waals surface area contributed by atoms with E-state index < -0.39 is 11.9 Å². The standard InChI is InChI=1S/C27H41N13O5/c28-24(29)36-8-10-44-22-16(13-38-20(41)6-7-21(42)43)4-5-18(23(22)45-11-9-37-25(30)31)17-3-1-2-15(12-39-26(32)33)19(17)14-40-27(34)35/h1-5H,6-14H2,(H,38,41)(H,42,43)(H4,28,29,36)(H4,30,31,37)(H4,32,33,39)(H4,34,35,40). The minimum atomic E-state index is -1.09. The molecule has 0 saturated carbocycles. The minimum absolute atomic E-state index is 0.00793. The van der Waals surface area contributed by atoms with Gasteiger partial charge in [0.25, 0.3) is 0 Å². The van der Waals surface area contributed by atoms with Crippen molar-refractivity contribution in [1.82, 2.24) is 5.32 Å². The quantitative estimate of drug-likeness (QED) is 0.0472. The van der Waals surface area contributed by atoms with Crippen molar-refractivity contribution < 1.29 is 24.2 Å². The molecular weight excluding hydrogens is 586 g/mol. The first-order chi connectivity index (χ1) is 21.4. The molecule has 2 aromatic carbocycles. The Bertz CT molecular complexity index is 1440. The van der Waals surface area contributed by atoms with Crippen LogP contribution in [0, 0.1) is 0 Å². The maximum Gasteiger partial charge on any atom is 0.303 e. The average molecular weight is 628 g/mol. The lowest BCUT2D eigenvalue weighted by atomic mass is 9.93. The molecule has 0 aliphatic carbocycles. The molecule has 0 bridgehead atoms. The van der Waals surface area contributed by atoms with Gasteiger partial charge in [-0.3, -0.25) is 19.6 Å². The fraction of sp³-hybridized carbons (Fsp3) is 0.333. The number of nitrogens with two attached hydrogens (primary N) is 8. The van der Waals surface area contributed by atoms with Crippen molar-refractivity contribution >= 4 is 35.7 Å². The Kier molecular flexibility index (Phi) is 14.0. The Morgan fingerprint density at radius 1 is 0.667 bits per heavy atom. The van der Waals surface area contributed by atoms with Gasteiger partial charge in [0.05, 0.1) is 32.6 Å². The summed E-state index contributed by atoms with van der Waals surface area (Å²) in [4.78, 5) is 39.5. The largest absolute Gasteiger partial charge is 0.487 e. The molecule has 244 valence electrons. The molecule has 2 rings (SSSR count). The first-order valence-corrected chi connectivity index (χ1v) is 13.6. The second kappa shape index (κ2) is 17.9. The highest BCUT2D eigenvalue weighted by molar-refractivity contribution is 5.82. The van der Waals surface area contributed by atoms with E-state index in [2.05, 4.69) is 25.3 Å². The first-order valence-electron chi connectivity index (χ1n) is 13.6. The Morgan fingerprint density at radius 3 is 1.82 bits per heavy atom. The van der Waals surface area contributed by atoms with E-state index in [1.54, 1.807) is 12.1 Å². The van der Waals surface area contributed by atoms with Gasteiger partial charge < -0.3 is 65.8 Å². The summed E-state index contributed by atoms with van der Waals surface area (Å²) in [6.07, 6.45) is -0.521. The lowest BCUT2D eigenvalue weighted by Crippen LogP contribution is -2.25. The normalized spacial score (nSPS) is 10.2.